The van der Waals surface area contributed by atoms with Gasteiger partial charge in [-0.25, -0.2) is 0 Å². The fourth-order valence-corrected chi connectivity index (χ4v) is 4.75. The van der Waals surface area contributed by atoms with Crippen molar-refractivity contribution in [3.05, 3.63) is 47.5 Å². The minimum Gasteiger partial charge on any atom is -0.494 e. The van der Waals surface area contributed by atoms with Crippen LogP contribution in [0.1, 0.15) is 64.0 Å². The van der Waals surface area contributed by atoms with Crippen LogP contribution in [-0.4, -0.2) is 30.2 Å². The van der Waals surface area contributed by atoms with Gasteiger partial charge in [-0.1, -0.05) is 44.9 Å². The first kappa shape index (κ1) is 26.7. The Morgan fingerprint density at radius 2 is 1.83 bits per heavy atom. The minimum absolute atomic E-state index is 0.217. The zero-order valence-corrected chi connectivity index (χ0v) is 21.4. The Morgan fingerprint density at radius 3 is 2.51 bits per heavy atom. The number of carboxylic acid groups (broad SMARTS) is 1. The summed E-state index contributed by atoms with van der Waals surface area (Å²) in [7, 11) is 0. The molecule has 1 aliphatic rings. The zero-order chi connectivity index (χ0) is 25.4. The molecule has 6 heteroatoms. The number of carbonyl (C=O) groups is 2. The van der Waals surface area contributed by atoms with Crippen LogP contribution in [0.2, 0.25) is 0 Å². The van der Waals surface area contributed by atoms with Crippen molar-refractivity contribution < 1.29 is 24.2 Å². The second-order valence-corrected chi connectivity index (χ2v) is 9.79. The third-order valence-corrected chi connectivity index (χ3v) is 6.76. The van der Waals surface area contributed by atoms with E-state index in [1.165, 1.54) is 0 Å². The summed E-state index contributed by atoms with van der Waals surface area (Å²) in [6.45, 7) is 10.0. The van der Waals surface area contributed by atoms with Crippen LogP contribution in [-0.2, 0) is 20.9 Å². The number of benzene rings is 2. The lowest BCUT2D eigenvalue weighted by Crippen LogP contribution is -2.36. The van der Waals surface area contributed by atoms with Gasteiger partial charge in [-0.15, -0.1) is 0 Å². The molecule has 1 saturated carbocycles. The molecule has 1 unspecified atom stereocenters. The van der Waals surface area contributed by atoms with E-state index in [4.69, 9.17) is 9.47 Å². The largest absolute Gasteiger partial charge is 0.494 e. The number of carboxylic acids is 1. The van der Waals surface area contributed by atoms with E-state index in [0.29, 0.717) is 44.3 Å². The number of nitrogens with one attached hydrogen (secondary N) is 1. The number of aliphatic carboxylic acids is 1. The van der Waals surface area contributed by atoms with Gasteiger partial charge in [0.05, 0.1) is 25.0 Å². The maximum atomic E-state index is 13.0. The molecule has 3 rings (SSSR count). The Bertz CT molecular complexity index is 1020. The second kappa shape index (κ2) is 12.7. The van der Waals surface area contributed by atoms with E-state index in [2.05, 4.69) is 32.2 Å². The molecule has 2 aromatic carbocycles. The predicted octanol–water partition coefficient (Wildman–Crippen LogP) is 6.45. The van der Waals surface area contributed by atoms with Crippen molar-refractivity contribution in [2.45, 2.75) is 66.4 Å². The van der Waals surface area contributed by atoms with E-state index in [0.717, 1.165) is 47.3 Å². The molecule has 0 spiro atoms. The summed E-state index contributed by atoms with van der Waals surface area (Å²) in [6.07, 6.45) is 3.87. The first-order chi connectivity index (χ1) is 16.8. The van der Waals surface area contributed by atoms with E-state index < -0.39 is 17.8 Å². The fraction of sp³-hybridized carbons (Fsp3) is 0.517. The molecule has 6 nitrogen and oxygen atoms in total. The van der Waals surface area contributed by atoms with Gasteiger partial charge >= 0.3 is 5.97 Å². The minimum atomic E-state index is -0.885. The number of hydrogen-bond donors (Lipinski definition) is 2. The SMILES string of the molecule is CCOc1cccc(-c2ccc(NC(=O)[C@H]3CCCCC3C(=O)O)cc2COCCC(C)C)c1C. The average molecular weight is 482 g/mol. The lowest BCUT2D eigenvalue weighted by Gasteiger charge is -2.27. The Hall–Kier alpha value is -2.86. The van der Waals surface area contributed by atoms with Gasteiger partial charge in [0.1, 0.15) is 5.75 Å². The third kappa shape index (κ3) is 7.07. The van der Waals surface area contributed by atoms with Crippen LogP contribution in [0.15, 0.2) is 36.4 Å². The molecule has 0 heterocycles. The van der Waals surface area contributed by atoms with Crippen LogP contribution in [0.25, 0.3) is 11.1 Å². The maximum absolute atomic E-state index is 13.0. The van der Waals surface area contributed by atoms with Crippen LogP contribution < -0.4 is 10.1 Å². The summed E-state index contributed by atoms with van der Waals surface area (Å²) in [4.78, 5) is 24.7. The van der Waals surface area contributed by atoms with Gasteiger partial charge in [0, 0.05) is 12.3 Å². The molecular formula is C29H39NO5. The summed E-state index contributed by atoms with van der Waals surface area (Å²) >= 11 is 0. The highest BCUT2D eigenvalue weighted by atomic mass is 16.5. The average Bonchev–Trinajstić information content (AvgIpc) is 2.83. The normalized spacial score (nSPS) is 17.9. The molecular weight excluding hydrogens is 442 g/mol. The van der Waals surface area contributed by atoms with E-state index in [1.54, 1.807) is 0 Å². The van der Waals surface area contributed by atoms with Crippen LogP contribution in [0.3, 0.4) is 0 Å². The lowest BCUT2D eigenvalue weighted by atomic mass is 9.78. The number of anilines is 1. The fourth-order valence-electron chi connectivity index (χ4n) is 4.75. The van der Waals surface area contributed by atoms with Crippen LogP contribution in [0.5, 0.6) is 5.75 Å². The molecule has 1 amide bonds. The second-order valence-electron chi connectivity index (χ2n) is 9.79. The van der Waals surface area contributed by atoms with Gasteiger partial charge in [-0.3, -0.25) is 9.59 Å². The van der Waals surface area contributed by atoms with Crippen LogP contribution in [0, 0.1) is 24.7 Å². The van der Waals surface area contributed by atoms with Gasteiger partial charge in [-0.2, -0.15) is 0 Å². The molecule has 2 aromatic rings. The molecule has 0 radical (unpaired) electrons. The Morgan fingerprint density at radius 1 is 1.09 bits per heavy atom. The number of rotatable bonds is 11. The van der Waals surface area contributed by atoms with E-state index in [-0.39, 0.29) is 5.91 Å². The van der Waals surface area contributed by atoms with Crippen molar-refractivity contribution in [2.75, 3.05) is 18.5 Å². The van der Waals surface area contributed by atoms with Crippen molar-refractivity contribution in [1.29, 1.82) is 0 Å². The topological polar surface area (TPSA) is 84.9 Å². The lowest BCUT2D eigenvalue weighted by molar-refractivity contribution is -0.147. The number of ether oxygens (including phenoxy) is 2. The smallest absolute Gasteiger partial charge is 0.307 e. The predicted molar refractivity (Wildman–Crippen MR) is 139 cm³/mol. The molecule has 0 bridgehead atoms. The zero-order valence-electron chi connectivity index (χ0n) is 21.4. The van der Waals surface area contributed by atoms with Gasteiger partial charge in [0.25, 0.3) is 0 Å². The maximum Gasteiger partial charge on any atom is 0.307 e. The van der Waals surface area contributed by atoms with Gasteiger partial charge < -0.3 is 19.9 Å². The third-order valence-electron chi connectivity index (χ3n) is 6.76. The van der Waals surface area contributed by atoms with Crippen molar-refractivity contribution in [3.63, 3.8) is 0 Å². The summed E-state index contributed by atoms with van der Waals surface area (Å²) in [5.41, 5.74) is 4.79. The molecule has 2 N–H and O–H groups in total. The summed E-state index contributed by atoms with van der Waals surface area (Å²) in [5, 5.41) is 12.6. The summed E-state index contributed by atoms with van der Waals surface area (Å²) in [6, 6.07) is 11.9. The quantitative estimate of drug-likeness (QED) is 0.360. The summed E-state index contributed by atoms with van der Waals surface area (Å²) < 4.78 is 11.8. The van der Waals surface area contributed by atoms with Gasteiger partial charge in [0.15, 0.2) is 0 Å². The molecule has 1 aliphatic carbocycles. The van der Waals surface area contributed by atoms with E-state index in [9.17, 15) is 14.7 Å². The van der Waals surface area contributed by atoms with Gasteiger partial charge in [-0.05, 0) is 79.5 Å². The first-order valence-electron chi connectivity index (χ1n) is 12.8. The Labute approximate surface area is 209 Å². The van der Waals surface area contributed by atoms with Crippen molar-refractivity contribution in [2.24, 2.45) is 17.8 Å². The van der Waals surface area contributed by atoms with E-state index >= 15 is 0 Å². The Balaban J connectivity index is 1.88. The highest BCUT2D eigenvalue weighted by Crippen LogP contribution is 2.35. The monoisotopic (exact) mass is 481 g/mol. The van der Waals surface area contributed by atoms with Crippen molar-refractivity contribution >= 4 is 17.6 Å². The Kier molecular flexibility index (Phi) is 9.73. The summed E-state index contributed by atoms with van der Waals surface area (Å²) in [5.74, 6) is -0.813. The molecule has 35 heavy (non-hydrogen) atoms. The number of amides is 1. The number of hydrogen-bond acceptors (Lipinski definition) is 4. The van der Waals surface area contributed by atoms with Gasteiger partial charge in [0.2, 0.25) is 5.91 Å². The highest BCUT2D eigenvalue weighted by Gasteiger charge is 2.35. The van der Waals surface area contributed by atoms with Crippen LogP contribution >= 0.6 is 0 Å². The molecule has 0 saturated heterocycles. The highest BCUT2D eigenvalue weighted by molar-refractivity contribution is 5.95. The molecule has 2 atom stereocenters. The molecule has 1 fully saturated rings. The standard InChI is InChI=1S/C29H39NO5/c1-5-35-27-12-8-11-23(20(27)4)24-14-13-22(17-21(24)18-34-16-15-19(2)3)30-28(31)25-9-6-7-10-26(25)29(32)33/h8,11-14,17,19,25-26H,5-7,9-10,15-16,18H2,1-4H3,(H,30,31)(H,32,33)/t25-,26?/m0/s1. The molecule has 190 valence electrons. The molecule has 0 aliphatic heterocycles. The first-order valence-corrected chi connectivity index (χ1v) is 12.8. The number of carbonyl (C=O) groups excluding carboxylic acids is 1. The van der Waals surface area contributed by atoms with Crippen molar-refractivity contribution in [3.8, 4) is 16.9 Å². The van der Waals surface area contributed by atoms with Crippen molar-refractivity contribution in [1.82, 2.24) is 0 Å². The molecule has 0 aromatic heterocycles. The van der Waals surface area contributed by atoms with Crippen LogP contribution in [0.4, 0.5) is 5.69 Å². The van der Waals surface area contributed by atoms with E-state index in [1.807, 2.05) is 37.3 Å².